The molecule has 4 amide bonds. The Kier molecular flexibility index (Phi) is 4.55. The smallest absolute Gasteiger partial charge is 0.324 e. The van der Waals surface area contributed by atoms with E-state index < -0.39 is 0 Å². The topological polar surface area (TPSA) is 69.7 Å². The van der Waals surface area contributed by atoms with Crippen molar-refractivity contribution in [1.82, 2.24) is 9.80 Å². The van der Waals surface area contributed by atoms with E-state index in [1.165, 1.54) is 0 Å². The summed E-state index contributed by atoms with van der Waals surface area (Å²) in [6.07, 6.45) is 3.16. The first-order valence-corrected chi connectivity index (χ1v) is 8.59. The molecule has 1 aromatic rings. The maximum absolute atomic E-state index is 12.4. The molecule has 6 nitrogen and oxygen atoms in total. The summed E-state index contributed by atoms with van der Waals surface area (Å²) >= 11 is 0. The van der Waals surface area contributed by atoms with E-state index >= 15 is 0 Å². The lowest BCUT2D eigenvalue weighted by Gasteiger charge is -2.18. The Morgan fingerprint density at radius 2 is 1.88 bits per heavy atom. The van der Waals surface area contributed by atoms with E-state index in [0.29, 0.717) is 13.0 Å². The highest BCUT2D eigenvalue weighted by molar-refractivity contribution is 6.08. The minimum atomic E-state index is -0.362. The van der Waals surface area contributed by atoms with Crippen molar-refractivity contribution in [2.24, 2.45) is 0 Å². The lowest BCUT2D eigenvalue weighted by molar-refractivity contribution is -0.131. The molecule has 2 heterocycles. The fourth-order valence-corrected chi connectivity index (χ4v) is 3.55. The molecule has 0 radical (unpaired) electrons. The van der Waals surface area contributed by atoms with Crippen molar-refractivity contribution in [1.29, 1.82) is 0 Å². The number of nitrogens with zero attached hydrogens (tertiary/aromatic N) is 2. The molecule has 2 aliphatic rings. The maximum atomic E-state index is 12.4. The standard InChI is InChI=1S/C18H23N3O3/c1-3-12-7-5-8-13(4-2)16(12)19-15(22)11-21-17(23)14-9-6-10-20(14)18(21)24/h5,7-8,14H,3-4,6,9-11H2,1-2H3,(H,19,22). The molecule has 2 saturated heterocycles. The fourth-order valence-electron chi connectivity index (χ4n) is 3.55. The van der Waals surface area contributed by atoms with Crippen LogP contribution in [0.2, 0.25) is 0 Å². The van der Waals surface area contributed by atoms with Crippen LogP contribution in [0.3, 0.4) is 0 Å². The largest absolute Gasteiger partial charge is 0.327 e. The van der Waals surface area contributed by atoms with E-state index in [2.05, 4.69) is 5.32 Å². The van der Waals surface area contributed by atoms with Crippen molar-refractivity contribution in [3.8, 4) is 0 Å². The van der Waals surface area contributed by atoms with Gasteiger partial charge in [0.05, 0.1) is 0 Å². The number of hydrogen-bond donors (Lipinski definition) is 1. The Balaban J connectivity index is 1.73. The average Bonchev–Trinajstić information content (AvgIpc) is 3.15. The minimum Gasteiger partial charge on any atom is -0.324 e. The Morgan fingerprint density at radius 3 is 2.46 bits per heavy atom. The van der Waals surface area contributed by atoms with Crippen molar-refractivity contribution < 1.29 is 14.4 Å². The van der Waals surface area contributed by atoms with Crippen LogP contribution in [0, 0.1) is 0 Å². The van der Waals surface area contributed by atoms with Gasteiger partial charge in [-0.3, -0.25) is 14.5 Å². The van der Waals surface area contributed by atoms with Gasteiger partial charge in [0, 0.05) is 12.2 Å². The lowest BCUT2D eigenvalue weighted by Crippen LogP contribution is -2.39. The third-order valence-corrected chi connectivity index (χ3v) is 4.85. The van der Waals surface area contributed by atoms with Crippen LogP contribution in [0.5, 0.6) is 0 Å². The van der Waals surface area contributed by atoms with Crippen LogP contribution in [0.1, 0.15) is 37.8 Å². The fraction of sp³-hybridized carbons (Fsp3) is 0.500. The molecule has 1 atom stereocenters. The second kappa shape index (κ2) is 6.63. The van der Waals surface area contributed by atoms with Crippen molar-refractivity contribution in [3.05, 3.63) is 29.3 Å². The molecule has 1 unspecified atom stereocenters. The third-order valence-electron chi connectivity index (χ3n) is 4.85. The molecule has 0 bridgehead atoms. The number of amides is 4. The molecule has 0 aliphatic carbocycles. The van der Waals surface area contributed by atoms with Gasteiger partial charge in [-0.15, -0.1) is 0 Å². The summed E-state index contributed by atoms with van der Waals surface area (Å²) in [4.78, 5) is 39.7. The van der Waals surface area contributed by atoms with Crippen LogP contribution in [-0.4, -0.2) is 46.8 Å². The Bertz CT molecular complexity index is 642. The first-order chi connectivity index (χ1) is 11.6. The molecule has 0 spiro atoms. The zero-order chi connectivity index (χ0) is 17.3. The van der Waals surface area contributed by atoms with Crippen molar-refractivity contribution >= 4 is 23.5 Å². The van der Waals surface area contributed by atoms with Gasteiger partial charge in [-0.25, -0.2) is 4.79 Å². The predicted molar refractivity (Wildman–Crippen MR) is 90.7 cm³/mol. The molecule has 128 valence electrons. The summed E-state index contributed by atoms with van der Waals surface area (Å²) in [6, 6.07) is 5.25. The number of hydrogen-bond acceptors (Lipinski definition) is 3. The number of nitrogens with one attached hydrogen (secondary N) is 1. The summed E-state index contributed by atoms with van der Waals surface area (Å²) in [7, 11) is 0. The van der Waals surface area contributed by atoms with Gasteiger partial charge in [0.25, 0.3) is 5.91 Å². The summed E-state index contributed by atoms with van der Waals surface area (Å²) in [6.45, 7) is 4.46. The van der Waals surface area contributed by atoms with Crippen LogP contribution in [-0.2, 0) is 22.4 Å². The first-order valence-electron chi connectivity index (χ1n) is 8.59. The third kappa shape index (κ3) is 2.77. The molecule has 1 N–H and O–H groups in total. The Labute approximate surface area is 141 Å². The highest BCUT2D eigenvalue weighted by atomic mass is 16.2. The Morgan fingerprint density at radius 1 is 1.21 bits per heavy atom. The lowest BCUT2D eigenvalue weighted by atomic mass is 10.0. The highest BCUT2D eigenvalue weighted by Crippen LogP contribution is 2.27. The summed E-state index contributed by atoms with van der Waals surface area (Å²) < 4.78 is 0. The van der Waals surface area contributed by atoms with Crippen LogP contribution in [0.4, 0.5) is 10.5 Å². The summed E-state index contributed by atoms with van der Waals surface area (Å²) in [5.41, 5.74) is 2.93. The molecule has 2 aliphatic heterocycles. The zero-order valence-corrected chi connectivity index (χ0v) is 14.2. The molecule has 1 aromatic carbocycles. The molecule has 2 fully saturated rings. The number of rotatable bonds is 5. The van der Waals surface area contributed by atoms with E-state index in [0.717, 1.165) is 41.0 Å². The quantitative estimate of drug-likeness (QED) is 0.842. The summed E-state index contributed by atoms with van der Waals surface area (Å²) in [5.74, 6) is -0.569. The molecule has 0 aromatic heterocycles. The average molecular weight is 329 g/mol. The van der Waals surface area contributed by atoms with Crippen LogP contribution >= 0.6 is 0 Å². The number of aryl methyl sites for hydroxylation is 2. The number of anilines is 1. The maximum Gasteiger partial charge on any atom is 0.327 e. The SMILES string of the molecule is CCc1cccc(CC)c1NC(=O)CN1C(=O)C2CCCN2C1=O. The van der Waals surface area contributed by atoms with E-state index in [-0.39, 0.29) is 30.4 Å². The van der Waals surface area contributed by atoms with Crippen molar-refractivity contribution in [2.45, 2.75) is 45.6 Å². The van der Waals surface area contributed by atoms with Crippen molar-refractivity contribution in [2.75, 3.05) is 18.4 Å². The van der Waals surface area contributed by atoms with E-state index in [1.54, 1.807) is 4.90 Å². The van der Waals surface area contributed by atoms with E-state index in [9.17, 15) is 14.4 Å². The highest BCUT2D eigenvalue weighted by Gasteiger charge is 2.47. The molecular weight excluding hydrogens is 306 g/mol. The molecule has 3 rings (SSSR count). The molecular formula is C18H23N3O3. The van der Waals surface area contributed by atoms with Crippen LogP contribution in [0.15, 0.2) is 18.2 Å². The van der Waals surface area contributed by atoms with Gasteiger partial charge in [0.2, 0.25) is 5.91 Å². The normalized spacial score (nSPS) is 19.8. The second-order valence-corrected chi connectivity index (χ2v) is 6.26. The first kappa shape index (κ1) is 16.5. The number of para-hydroxylation sites is 1. The van der Waals surface area contributed by atoms with Gasteiger partial charge in [0.1, 0.15) is 12.6 Å². The van der Waals surface area contributed by atoms with E-state index in [1.807, 2.05) is 32.0 Å². The Hall–Kier alpha value is -2.37. The number of benzene rings is 1. The summed E-state index contributed by atoms with van der Waals surface area (Å²) in [5, 5.41) is 2.91. The number of imide groups is 1. The van der Waals surface area contributed by atoms with Gasteiger partial charge in [-0.1, -0.05) is 32.0 Å². The van der Waals surface area contributed by atoms with Gasteiger partial charge < -0.3 is 10.2 Å². The van der Waals surface area contributed by atoms with Crippen LogP contribution < -0.4 is 5.32 Å². The van der Waals surface area contributed by atoms with Crippen LogP contribution in [0.25, 0.3) is 0 Å². The van der Waals surface area contributed by atoms with Gasteiger partial charge in [0.15, 0.2) is 0 Å². The van der Waals surface area contributed by atoms with Crippen molar-refractivity contribution in [3.63, 3.8) is 0 Å². The molecule has 6 heteroatoms. The molecule has 0 saturated carbocycles. The van der Waals surface area contributed by atoms with E-state index in [4.69, 9.17) is 0 Å². The van der Waals surface area contributed by atoms with Gasteiger partial charge in [-0.05, 0) is 36.8 Å². The number of carbonyl (C=O) groups is 3. The van der Waals surface area contributed by atoms with Gasteiger partial charge in [-0.2, -0.15) is 0 Å². The zero-order valence-electron chi connectivity index (χ0n) is 14.2. The second-order valence-electron chi connectivity index (χ2n) is 6.26. The number of urea groups is 1. The predicted octanol–water partition coefficient (Wildman–Crippen LogP) is 2.18. The number of carbonyl (C=O) groups excluding carboxylic acids is 3. The number of fused-ring (bicyclic) bond motifs is 1. The minimum absolute atomic E-state index is 0.216. The molecule has 24 heavy (non-hydrogen) atoms. The monoisotopic (exact) mass is 329 g/mol. The van der Waals surface area contributed by atoms with Gasteiger partial charge >= 0.3 is 6.03 Å².